The third-order valence-electron chi connectivity index (χ3n) is 7.26. The van der Waals surface area contributed by atoms with E-state index in [2.05, 4.69) is 10.4 Å². The van der Waals surface area contributed by atoms with Crippen LogP contribution in [-0.2, 0) is 0 Å². The number of rotatable bonds is 4. The van der Waals surface area contributed by atoms with Crippen molar-refractivity contribution in [2.45, 2.75) is 44.1 Å². The maximum Gasteiger partial charge on any atom is 0.291 e. The van der Waals surface area contributed by atoms with E-state index in [9.17, 15) is 4.79 Å². The Labute approximate surface area is 176 Å². The number of aromatic nitrogens is 3. The van der Waals surface area contributed by atoms with E-state index in [0.717, 1.165) is 48.3 Å². The van der Waals surface area contributed by atoms with Crippen LogP contribution in [0.1, 0.15) is 49.1 Å². The number of amides is 1. The normalized spacial score (nSPS) is 29.1. The lowest BCUT2D eigenvalue weighted by molar-refractivity contribution is -0.0168. The van der Waals surface area contributed by atoms with Gasteiger partial charge < -0.3 is 5.32 Å². The van der Waals surface area contributed by atoms with Crippen LogP contribution < -0.4 is 5.32 Å². The van der Waals surface area contributed by atoms with Crippen molar-refractivity contribution < 1.29 is 4.79 Å². The van der Waals surface area contributed by atoms with Gasteiger partial charge in [0.2, 0.25) is 5.82 Å². The van der Waals surface area contributed by atoms with Crippen molar-refractivity contribution >= 4 is 5.91 Å². The average molecular weight is 399 g/mol. The van der Waals surface area contributed by atoms with Crippen molar-refractivity contribution in [1.82, 2.24) is 20.1 Å². The van der Waals surface area contributed by atoms with Crippen molar-refractivity contribution in [1.29, 1.82) is 0 Å². The topological polar surface area (TPSA) is 59.8 Å². The molecule has 0 unspecified atom stereocenters. The summed E-state index contributed by atoms with van der Waals surface area (Å²) >= 11 is 0. The van der Waals surface area contributed by atoms with Crippen molar-refractivity contribution in [3.8, 4) is 17.1 Å². The van der Waals surface area contributed by atoms with Gasteiger partial charge in [0.25, 0.3) is 5.91 Å². The van der Waals surface area contributed by atoms with E-state index in [4.69, 9.17) is 4.98 Å². The number of hydrogen-bond acceptors (Lipinski definition) is 3. The molecule has 4 fully saturated rings. The number of nitrogens with one attached hydrogen (secondary N) is 1. The van der Waals surface area contributed by atoms with Crippen LogP contribution in [0.15, 0.2) is 60.7 Å². The molecule has 1 N–H and O–H groups in total. The zero-order valence-corrected chi connectivity index (χ0v) is 17.0. The van der Waals surface area contributed by atoms with Gasteiger partial charge in [-0.15, -0.1) is 5.10 Å². The predicted molar refractivity (Wildman–Crippen MR) is 115 cm³/mol. The highest BCUT2D eigenvalue weighted by Crippen LogP contribution is 2.55. The molecule has 0 radical (unpaired) electrons. The number of nitrogens with zero attached hydrogens (tertiary/aromatic N) is 3. The lowest BCUT2D eigenvalue weighted by atomic mass is 9.53. The summed E-state index contributed by atoms with van der Waals surface area (Å²) in [6.45, 7) is 0. The number of carbonyl (C=O) groups excluding carboxylic acids is 1. The highest BCUT2D eigenvalue weighted by molar-refractivity contribution is 5.91. The first kappa shape index (κ1) is 17.9. The molecule has 5 nitrogen and oxygen atoms in total. The van der Waals surface area contributed by atoms with Crippen molar-refractivity contribution in [2.75, 3.05) is 0 Å². The summed E-state index contributed by atoms with van der Waals surface area (Å²) in [5.41, 5.74) is 1.80. The Morgan fingerprint density at radius 1 is 0.867 bits per heavy atom. The first-order valence-corrected chi connectivity index (χ1v) is 11.1. The summed E-state index contributed by atoms with van der Waals surface area (Å²) in [7, 11) is 0. The fourth-order valence-corrected chi connectivity index (χ4v) is 6.49. The minimum Gasteiger partial charge on any atom is -0.344 e. The van der Waals surface area contributed by atoms with Gasteiger partial charge in [-0.3, -0.25) is 4.79 Å². The van der Waals surface area contributed by atoms with Gasteiger partial charge in [-0.05, 0) is 68.4 Å². The molecule has 0 aliphatic heterocycles. The Morgan fingerprint density at radius 2 is 1.43 bits per heavy atom. The van der Waals surface area contributed by atoms with Crippen LogP contribution in [0.25, 0.3) is 17.1 Å². The fourth-order valence-electron chi connectivity index (χ4n) is 6.49. The number of carbonyl (C=O) groups is 1. The molecule has 1 aromatic heterocycles. The zero-order chi connectivity index (χ0) is 20.1. The highest BCUT2D eigenvalue weighted by Gasteiger charge is 2.51. The minimum atomic E-state index is -0.135. The van der Waals surface area contributed by atoms with Gasteiger partial charge >= 0.3 is 0 Å². The van der Waals surface area contributed by atoms with E-state index in [1.165, 1.54) is 19.3 Å². The van der Waals surface area contributed by atoms with Crippen LogP contribution in [0, 0.1) is 17.8 Å². The molecule has 2 aromatic carbocycles. The van der Waals surface area contributed by atoms with E-state index < -0.39 is 0 Å². The second kappa shape index (κ2) is 6.79. The van der Waals surface area contributed by atoms with Gasteiger partial charge in [-0.25, -0.2) is 9.67 Å². The third kappa shape index (κ3) is 3.04. The van der Waals surface area contributed by atoms with Gasteiger partial charge in [0.05, 0.1) is 5.69 Å². The van der Waals surface area contributed by atoms with Gasteiger partial charge in [0.15, 0.2) is 5.82 Å². The predicted octanol–water partition coefficient (Wildman–Crippen LogP) is 4.63. The second-order valence-corrected chi connectivity index (χ2v) is 9.52. The molecule has 7 rings (SSSR count). The summed E-state index contributed by atoms with van der Waals surface area (Å²) < 4.78 is 1.78. The third-order valence-corrected chi connectivity index (χ3v) is 7.26. The second-order valence-electron chi connectivity index (χ2n) is 9.52. The molecule has 4 aliphatic carbocycles. The number of benzene rings is 2. The van der Waals surface area contributed by atoms with Gasteiger partial charge in [0.1, 0.15) is 0 Å². The average Bonchev–Trinajstić information content (AvgIpc) is 3.19. The summed E-state index contributed by atoms with van der Waals surface area (Å²) in [4.78, 5) is 18.0. The van der Waals surface area contributed by atoms with Crippen LogP contribution in [0.2, 0.25) is 0 Å². The monoisotopic (exact) mass is 398 g/mol. The molecule has 0 spiro atoms. The highest BCUT2D eigenvalue weighted by atomic mass is 16.2. The molecule has 4 bridgehead atoms. The number of para-hydroxylation sites is 1. The SMILES string of the molecule is O=C(NC12CC3CC(CC(C3)C1)C2)c1nc(-c2ccccc2)n(-c2ccccc2)n1. The van der Waals surface area contributed by atoms with Gasteiger partial charge in [0, 0.05) is 11.1 Å². The zero-order valence-electron chi connectivity index (χ0n) is 17.0. The van der Waals surface area contributed by atoms with Crippen LogP contribution in [0.4, 0.5) is 0 Å². The van der Waals surface area contributed by atoms with E-state index in [1.807, 2.05) is 60.7 Å². The van der Waals surface area contributed by atoms with E-state index in [-0.39, 0.29) is 17.3 Å². The molecular weight excluding hydrogens is 372 g/mol. The van der Waals surface area contributed by atoms with E-state index in [1.54, 1.807) is 4.68 Å². The smallest absolute Gasteiger partial charge is 0.291 e. The fraction of sp³-hybridized carbons (Fsp3) is 0.400. The largest absolute Gasteiger partial charge is 0.344 e. The van der Waals surface area contributed by atoms with Crippen LogP contribution in [0.5, 0.6) is 0 Å². The maximum atomic E-state index is 13.3. The van der Waals surface area contributed by atoms with Crippen molar-refractivity contribution in [3.05, 3.63) is 66.5 Å². The molecule has 30 heavy (non-hydrogen) atoms. The maximum absolute atomic E-state index is 13.3. The quantitative estimate of drug-likeness (QED) is 0.697. The van der Waals surface area contributed by atoms with Gasteiger partial charge in [-0.2, -0.15) is 0 Å². The molecule has 3 aromatic rings. The molecule has 4 saturated carbocycles. The lowest BCUT2D eigenvalue weighted by Crippen LogP contribution is -2.60. The molecule has 1 amide bonds. The van der Waals surface area contributed by atoms with E-state index in [0.29, 0.717) is 5.82 Å². The summed E-state index contributed by atoms with van der Waals surface area (Å²) in [6, 6.07) is 19.8. The molecule has 1 heterocycles. The van der Waals surface area contributed by atoms with Crippen molar-refractivity contribution in [3.63, 3.8) is 0 Å². The first-order chi connectivity index (χ1) is 14.7. The molecule has 0 saturated heterocycles. The first-order valence-electron chi connectivity index (χ1n) is 11.1. The summed E-state index contributed by atoms with van der Waals surface area (Å²) in [5, 5.41) is 8.06. The van der Waals surface area contributed by atoms with Crippen molar-refractivity contribution in [2.24, 2.45) is 17.8 Å². The minimum absolute atomic E-state index is 0.0447. The molecule has 0 atom stereocenters. The Hall–Kier alpha value is -2.95. The van der Waals surface area contributed by atoms with Crippen LogP contribution in [-0.4, -0.2) is 26.2 Å². The standard InChI is InChI=1S/C25H26N4O/c30-24(27-25-14-17-11-18(15-25)13-19(12-17)16-25)22-26-23(20-7-3-1-4-8-20)29(28-22)21-9-5-2-6-10-21/h1-10,17-19H,11-16H2,(H,27,30). The Morgan fingerprint density at radius 3 is 2.03 bits per heavy atom. The Bertz CT molecular complexity index is 981. The molecule has 5 heteroatoms. The Balaban J connectivity index is 1.34. The Kier molecular flexibility index (Phi) is 4.05. The molecular formula is C25H26N4O. The summed E-state index contributed by atoms with van der Waals surface area (Å²) in [6.07, 6.45) is 7.43. The lowest BCUT2D eigenvalue weighted by Gasteiger charge is -2.56. The summed E-state index contributed by atoms with van der Waals surface area (Å²) in [5.74, 6) is 3.17. The van der Waals surface area contributed by atoms with E-state index >= 15 is 0 Å². The molecule has 152 valence electrons. The van der Waals surface area contributed by atoms with Gasteiger partial charge in [-0.1, -0.05) is 48.5 Å². The molecule has 4 aliphatic rings. The van der Waals surface area contributed by atoms with Crippen LogP contribution in [0.3, 0.4) is 0 Å². The van der Waals surface area contributed by atoms with Crippen LogP contribution >= 0.6 is 0 Å². The number of hydrogen-bond donors (Lipinski definition) is 1.